The first-order valence-electron chi connectivity index (χ1n) is 6.82. The number of urea groups is 1. The van der Waals surface area contributed by atoms with Crippen molar-refractivity contribution in [2.75, 3.05) is 13.6 Å². The van der Waals surface area contributed by atoms with Crippen LogP contribution >= 0.6 is 0 Å². The molecule has 0 atom stereocenters. The molecule has 0 aromatic heterocycles. The monoisotopic (exact) mass is 268 g/mol. The van der Waals surface area contributed by atoms with E-state index in [1.54, 1.807) is 13.1 Å². The molecule has 0 bridgehead atoms. The summed E-state index contributed by atoms with van der Waals surface area (Å²) in [4.78, 5) is 24.9. The lowest BCUT2D eigenvalue weighted by atomic mass is 9.75. The maximum absolute atomic E-state index is 12.0. The molecule has 5 nitrogen and oxygen atoms in total. The van der Waals surface area contributed by atoms with Crippen molar-refractivity contribution in [1.82, 2.24) is 10.2 Å². The van der Waals surface area contributed by atoms with E-state index < -0.39 is 11.5 Å². The molecule has 108 valence electrons. The Hall–Kier alpha value is -1.52. The van der Waals surface area contributed by atoms with Gasteiger partial charge in [0.15, 0.2) is 0 Å². The van der Waals surface area contributed by atoms with Gasteiger partial charge in [0.05, 0.1) is 0 Å². The SMILES string of the molecule is C=CCN(C)C(=O)NC1(C(=O)O)CCC(CC)CC1. The lowest BCUT2D eigenvalue weighted by molar-refractivity contribution is -0.146. The number of hydrogen-bond donors (Lipinski definition) is 2. The largest absolute Gasteiger partial charge is 0.480 e. The van der Waals surface area contributed by atoms with E-state index in [0.717, 1.165) is 19.3 Å². The first-order valence-corrected chi connectivity index (χ1v) is 6.82. The molecule has 5 heteroatoms. The second-order valence-corrected chi connectivity index (χ2v) is 5.34. The number of carbonyl (C=O) groups excluding carboxylic acids is 1. The number of carboxylic acids is 1. The molecule has 0 heterocycles. The van der Waals surface area contributed by atoms with Crippen LogP contribution in [-0.4, -0.2) is 41.1 Å². The first-order chi connectivity index (χ1) is 8.95. The average molecular weight is 268 g/mol. The maximum atomic E-state index is 12.0. The summed E-state index contributed by atoms with van der Waals surface area (Å²) in [6.45, 7) is 6.09. The summed E-state index contributed by atoms with van der Waals surface area (Å²) in [5, 5.41) is 12.2. The van der Waals surface area contributed by atoms with Crippen molar-refractivity contribution in [2.24, 2.45) is 5.92 Å². The molecular weight excluding hydrogens is 244 g/mol. The van der Waals surface area contributed by atoms with Gasteiger partial charge in [-0.25, -0.2) is 9.59 Å². The van der Waals surface area contributed by atoms with E-state index in [0.29, 0.717) is 25.3 Å². The van der Waals surface area contributed by atoms with E-state index in [1.807, 2.05) is 0 Å². The molecule has 1 fully saturated rings. The van der Waals surface area contributed by atoms with Gasteiger partial charge >= 0.3 is 12.0 Å². The van der Waals surface area contributed by atoms with E-state index in [1.165, 1.54) is 4.90 Å². The van der Waals surface area contributed by atoms with Crippen LogP contribution in [0.2, 0.25) is 0 Å². The minimum atomic E-state index is -1.10. The number of carbonyl (C=O) groups is 2. The molecule has 0 spiro atoms. The molecule has 2 amide bonds. The predicted molar refractivity (Wildman–Crippen MR) is 74.0 cm³/mol. The maximum Gasteiger partial charge on any atom is 0.329 e. The Morgan fingerprint density at radius 1 is 1.47 bits per heavy atom. The lowest BCUT2D eigenvalue weighted by Gasteiger charge is -2.38. The van der Waals surface area contributed by atoms with Crippen molar-refractivity contribution in [3.8, 4) is 0 Å². The minimum absolute atomic E-state index is 0.350. The van der Waals surface area contributed by atoms with E-state index in [-0.39, 0.29) is 6.03 Å². The number of nitrogens with zero attached hydrogens (tertiary/aromatic N) is 1. The van der Waals surface area contributed by atoms with Crippen molar-refractivity contribution in [2.45, 2.75) is 44.6 Å². The third kappa shape index (κ3) is 3.72. The van der Waals surface area contributed by atoms with Crippen LogP contribution in [0.5, 0.6) is 0 Å². The number of carboxylic acid groups (broad SMARTS) is 1. The summed E-state index contributed by atoms with van der Waals surface area (Å²) in [5.74, 6) is -0.349. The second-order valence-electron chi connectivity index (χ2n) is 5.34. The quantitative estimate of drug-likeness (QED) is 0.751. The molecular formula is C14H24N2O3. The molecule has 0 radical (unpaired) electrons. The zero-order valence-corrected chi connectivity index (χ0v) is 11.8. The molecule has 0 unspecified atom stereocenters. The summed E-state index contributed by atoms with van der Waals surface area (Å²) in [6.07, 6.45) is 5.41. The number of hydrogen-bond acceptors (Lipinski definition) is 2. The van der Waals surface area contributed by atoms with Crippen LogP contribution in [-0.2, 0) is 4.79 Å². The molecule has 1 aliphatic carbocycles. The topological polar surface area (TPSA) is 69.6 Å². The smallest absolute Gasteiger partial charge is 0.329 e. The fraction of sp³-hybridized carbons (Fsp3) is 0.714. The summed E-state index contributed by atoms with van der Waals surface area (Å²) in [7, 11) is 1.63. The van der Waals surface area contributed by atoms with Crippen molar-refractivity contribution in [1.29, 1.82) is 0 Å². The van der Waals surface area contributed by atoms with Crippen molar-refractivity contribution < 1.29 is 14.7 Å². The molecule has 2 N–H and O–H groups in total. The molecule has 0 aliphatic heterocycles. The Balaban J connectivity index is 2.71. The van der Waals surface area contributed by atoms with Crippen LogP contribution in [0.15, 0.2) is 12.7 Å². The Labute approximate surface area is 114 Å². The highest BCUT2D eigenvalue weighted by atomic mass is 16.4. The fourth-order valence-electron chi connectivity index (χ4n) is 2.55. The van der Waals surface area contributed by atoms with Crippen molar-refractivity contribution in [3.63, 3.8) is 0 Å². The summed E-state index contributed by atoms with van der Waals surface area (Å²) in [6, 6.07) is -0.350. The van der Waals surface area contributed by atoms with Gasteiger partial charge in [-0.1, -0.05) is 19.4 Å². The molecule has 1 saturated carbocycles. The van der Waals surface area contributed by atoms with Gasteiger partial charge in [0.2, 0.25) is 0 Å². The van der Waals surface area contributed by atoms with E-state index in [9.17, 15) is 14.7 Å². The number of nitrogens with one attached hydrogen (secondary N) is 1. The molecule has 19 heavy (non-hydrogen) atoms. The standard InChI is InChI=1S/C14H24N2O3/c1-4-10-16(3)13(19)15-14(12(17)18)8-6-11(5-2)7-9-14/h4,11H,1,5-10H2,2-3H3,(H,15,19)(H,17,18). The molecule has 0 aromatic carbocycles. The zero-order chi connectivity index (χ0) is 14.5. The zero-order valence-electron chi connectivity index (χ0n) is 11.8. The van der Waals surface area contributed by atoms with Gasteiger partial charge in [0, 0.05) is 13.6 Å². The summed E-state index contributed by atoms with van der Waals surface area (Å²) in [5.41, 5.74) is -1.10. The summed E-state index contributed by atoms with van der Waals surface area (Å²) < 4.78 is 0. The van der Waals surface area contributed by atoms with Crippen LogP contribution in [0.1, 0.15) is 39.0 Å². The Bertz CT molecular complexity index is 347. The number of likely N-dealkylation sites (N-methyl/N-ethyl adjacent to an activating group) is 1. The molecule has 0 saturated heterocycles. The fourth-order valence-corrected chi connectivity index (χ4v) is 2.55. The molecule has 1 aliphatic rings. The van der Waals surface area contributed by atoms with Crippen molar-refractivity contribution >= 4 is 12.0 Å². The normalized spacial score (nSPS) is 26.5. The average Bonchev–Trinajstić information content (AvgIpc) is 2.39. The highest BCUT2D eigenvalue weighted by Crippen LogP contribution is 2.34. The van der Waals surface area contributed by atoms with Crippen LogP contribution in [0.25, 0.3) is 0 Å². The van der Waals surface area contributed by atoms with Crippen LogP contribution in [0.4, 0.5) is 4.79 Å². The Morgan fingerprint density at radius 2 is 2.05 bits per heavy atom. The lowest BCUT2D eigenvalue weighted by Crippen LogP contribution is -2.58. The number of aliphatic carboxylic acids is 1. The summed E-state index contributed by atoms with van der Waals surface area (Å²) >= 11 is 0. The van der Waals surface area contributed by atoms with Gasteiger partial charge in [-0.05, 0) is 31.6 Å². The van der Waals surface area contributed by atoms with Gasteiger partial charge in [-0.3, -0.25) is 0 Å². The van der Waals surface area contributed by atoms with Crippen molar-refractivity contribution in [3.05, 3.63) is 12.7 Å². The third-order valence-electron chi connectivity index (χ3n) is 4.04. The van der Waals surface area contributed by atoms with Crippen LogP contribution < -0.4 is 5.32 Å². The second kappa shape index (κ2) is 6.59. The first kappa shape index (κ1) is 15.5. The van der Waals surface area contributed by atoms with E-state index in [4.69, 9.17) is 0 Å². The van der Waals surface area contributed by atoms with Gasteiger partial charge in [0.25, 0.3) is 0 Å². The molecule has 1 rings (SSSR count). The minimum Gasteiger partial charge on any atom is -0.480 e. The van der Waals surface area contributed by atoms with E-state index in [2.05, 4.69) is 18.8 Å². The highest BCUT2D eigenvalue weighted by Gasteiger charge is 2.43. The Kier molecular flexibility index (Phi) is 5.39. The van der Waals surface area contributed by atoms with Gasteiger partial charge < -0.3 is 15.3 Å². The van der Waals surface area contributed by atoms with Gasteiger partial charge in [0.1, 0.15) is 5.54 Å². The van der Waals surface area contributed by atoms with Crippen LogP contribution in [0.3, 0.4) is 0 Å². The van der Waals surface area contributed by atoms with E-state index >= 15 is 0 Å². The van der Waals surface area contributed by atoms with Gasteiger partial charge in [-0.2, -0.15) is 0 Å². The molecule has 0 aromatic rings. The predicted octanol–water partition coefficient (Wildman–Crippen LogP) is 2.24. The number of rotatable bonds is 5. The Morgan fingerprint density at radius 3 is 2.47 bits per heavy atom. The number of amides is 2. The third-order valence-corrected chi connectivity index (χ3v) is 4.04. The highest BCUT2D eigenvalue weighted by molar-refractivity contribution is 5.86. The van der Waals surface area contributed by atoms with Crippen LogP contribution in [0, 0.1) is 5.92 Å². The van der Waals surface area contributed by atoms with Gasteiger partial charge in [-0.15, -0.1) is 6.58 Å².